The zero-order valence-corrected chi connectivity index (χ0v) is 3.94. The Kier molecular flexibility index (Phi) is 2.05. The van der Waals surface area contributed by atoms with Gasteiger partial charge in [0.15, 0.2) is 0 Å². The van der Waals surface area contributed by atoms with Gasteiger partial charge in [-0.25, -0.2) is 4.39 Å². The number of hydrogen-bond donors (Lipinski definition) is 1. The number of nitrogens with two attached hydrogens (primary N) is 1. The number of hydrogen-bond acceptors (Lipinski definition) is 1. The maximum atomic E-state index is 11.2. The summed E-state index contributed by atoms with van der Waals surface area (Å²) in [7, 11) is 0. The van der Waals surface area contributed by atoms with Crippen molar-refractivity contribution in [1.82, 2.24) is 0 Å². The summed E-state index contributed by atoms with van der Waals surface area (Å²) in [6.45, 7) is 1.31. The highest BCUT2D eigenvalue weighted by Gasteiger charge is 1.92. The second kappa shape index (κ2) is 2.34. The fraction of sp³-hybridized carbons (Fsp3) is 0.250. The van der Waals surface area contributed by atoms with E-state index in [1.807, 2.05) is 0 Å². The molecule has 2 nitrogen and oxygen atoms in total. The summed E-state index contributed by atoms with van der Waals surface area (Å²) in [5, 5.41) is 0. The minimum absolute atomic E-state index is 0.0556. The first-order valence-corrected chi connectivity index (χ1v) is 1.75. The molecule has 0 saturated carbocycles. The van der Waals surface area contributed by atoms with Gasteiger partial charge in [0, 0.05) is 5.57 Å². The van der Waals surface area contributed by atoms with E-state index >= 15 is 0 Å². The lowest BCUT2D eigenvalue weighted by Crippen LogP contribution is -2.10. The normalized spacial score (nSPS) is 11.4. The molecule has 0 unspecified atom stereocenters. The zero-order chi connectivity index (χ0) is 5.86. The van der Waals surface area contributed by atoms with Gasteiger partial charge < -0.3 is 5.73 Å². The molecule has 0 saturated heterocycles. The quantitative estimate of drug-likeness (QED) is 0.478. The van der Waals surface area contributed by atoms with Gasteiger partial charge in [-0.3, -0.25) is 4.79 Å². The van der Waals surface area contributed by atoms with E-state index in [0.29, 0.717) is 0 Å². The van der Waals surface area contributed by atoms with Crippen LogP contribution < -0.4 is 5.73 Å². The fourth-order valence-corrected chi connectivity index (χ4v) is 0.0538. The number of amides is 1. The van der Waals surface area contributed by atoms with Crippen LogP contribution in [0.25, 0.3) is 0 Å². The lowest BCUT2D eigenvalue weighted by molar-refractivity contribution is -0.114. The molecule has 0 fully saturated rings. The molecule has 0 aromatic rings. The van der Waals surface area contributed by atoms with Crippen LogP contribution in [0.5, 0.6) is 0 Å². The van der Waals surface area contributed by atoms with Crippen LogP contribution in [0.15, 0.2) is 11.9 Å². The average molecular weight is 103 g/mol. The molecule has 3 heteroatoms. The largest absolute Gasteiger partial charge is 0.366 e. The minimum atomic E-state index is -0.720. The number of carbonyl (C=O) groups excluding carboxylic acids is 1. The van der Waals surface area contributed by atoms with Crippen molar-refractivity contribution in [2.24, 2.45) is 5.73 Å². The molecule has 0 spiro atoms. The van der Waals surface area contributed by atoms with Crippen molar-refractivity contribution in [1.29, 1.82) is 0 Å². The van der Waals surface area contributed by atoms with Gasteiger partial charge in [0.2, 0.25) is 5.91 Å². The SMILES string of the molecule is C/C(=C/F)C(N)=O. The van der Waals surface area contributed by atoms with Crippen LogP contribution in [-0.4, -0.2) is 5.91 Å². The highest BCUT2D eigenvalue weighted by Crippen LogP contribution is 1.87. The molecule has 0 heterocycles. The zero-order valence-electron chi connectivity index (χ0n) is 3.94. The first-order valence-electron chi connectivity index (χ1n) is 1.75. The average Bonchev–Trinajstić information content (AvgIpc) is 1.65. The molecule has 40 valence electrons. The van der Waals surface area contributed by atoms with Crippen molar-refractivity contribution < 1.29 is 9.18 Å². The second-order valence-corrected chi connectivity index (χ2v) is 1.16. The predicted molar refractivity (Wildman–Crippen MR) is 24.1 cm³/mol. The van der Waals surface area contributed by atoms with E-state index in [9.17, 15) is 9.18 Å². The van der Waals surface area contributed by atoms with Crippen LogP contribution >= 0.6 is 0 Å². The molecule has 0 radical (unpaired) electrons. The topological polar surface area (TPSA) is 43.1 Å². The maximum Gasteiger partial charge on any atom is 0.246 e. The molecule has 0 aliphatic rings. The maximum absolute atomic E-state index is 11.2. The molecule has 7 heavy (non-hydrogen) atoms. The molecule has 0 aromatic carbocycles. The van der Waals surface area contributed by atoms with E-state index < -0.39 is 5.91 Å². The Morgan fingerprint density at radius 2 is 2.29 bits per heavy atom. The van der Waals surface area contributed by atoms with Gasteiger partial charge >= 0.3 is 0 Å². The monoisotopic (exact) mass is 103 g/mol. The Hall–Kier alpha value is -0.860. The molecule has 0 bridgehead atoms. The van der Waals surface area contributed by atoms with Crippen LogP contribution in [0.2, 0.25) is 0 Å². The van der Waals surface area contributed by atoms with E-state index in [-0.39, 0.29) is 11.9 Å². The second-order valence-electron chi connectivity index (χ2n) is 1.16. The molecule has 0 rings (SSSR count). The van der Waals surface area contributed by atoms with Crippen LogP contribution in [0, 0.1) is 0 Å². The van der Waals surface area contributed by atoms with E-state index in [0.717, 1.165) is 0 Å². The number of carbonyl (C=O) groups is 1. The van der Waals surface area contributed by atoms with Crippen LogP contribution in [0.3, 0.4) is 0 Å². The molecule has 2 N–H and O–H groups in total. The summed E-state index contributed by atoms with van der Waals surface area (Å²) in [4.78, 5) is 9.84. The molecular formula is C4H6FNO. The predicted octanol–water partition coefficient (Wildman–Crippen LogP) is 0.345. The Morgan fingerprint density at radius 3 is 2.29 bits per heavy atom. The van der Waals surface area contributed by atoms with Gasteiger partial charge in [0.25, 0.3) is 0 Å². The Balaban J connectivity index is 3.82. The first-order chi connectivity index (χ1) is 3.18. The standard InChI is InChI=1S/C4H6FNO/c1-3(2-5)4(6)7/h2H,1H3,(H2,6,7)/b3-2-. The molecular weight excluding hydrogens is 97.0 g/mol. The number of primary amides is 1. The van der Waals surface area contributed by atoms with Crippen LogP contribution in [0.4, 0.5) is 4.39 Å². The van der Waals surface area contributed by atoms with Crippen molar-refractivity contribution in [3.8, 4) is 0 Å². The third-order valence-electron chi connectivity index (χ3n) is 0.552. The summed E-state index contributed by atoms with van der Waals surface area (Å²) in [6.07, 6.45) is 0.183. The smallest absolute Gasteiger partial charge is 0.246 e. The molecule has 0 atom stereocenters. The van der Waals surface area contributed by atoms with Gasteiger partial charge in [-0.05, 0) is 6.92 Å². The Bertz CT molecular complexity index is 108. The van der Waals surface area contributed by atoms with E-state index in [1.54, 1.807) is 0 Å². The first kappa shape index (κ1) is 6.14. The molecule has 0 aromatic heterocycles. The highest BCUT2D eigenvalue weighted by molar-refractivity contribution is 5.90. The summed E-state index contributed by atoms with van der Waals surface area (Å²) < 4.78 is 11.2. The van der Waals surface area contributed by atoms with Crippen LogP contribution in [0.1, 0.15) is 6.92 Å². The third-order valence-corrected chi connectivity index (χ3v) is 0.552. The minimum Gasteiger partial charge on any atom is -0.366 e. The van der Waals surface area contributed by atoms with E-state index in [4.69, 9.17) is 0 Å². The third kappa shape index (κ3) is 1.92. The number of halogens is 1. The van der Waals surface area contributed by atoms with Gasteiger partial charge in [0.05, 0.1) is 6.33 Å². The lowest BCUT2D eigenvalue weighted by atomic mass is 10.3. The van der Waals surface area contributed by atoms with Crippen molar-refractivity contribution in [2.45, 2.75) is 6.92 Å². The summed E-state index contributed by atoms with van der Waals surface area (Å²) in [5.74, 6) is -0.720. The molecule has 0 aliphatic carbocycles. The summed E-state index contributed by atoms with van der Waals surface area (Å²) in [5.41, 5.74) is 4.54. The lowest BCUT2D eigenvalue weighted by Gasteiger charge is -1.83. The Labute approximate surface area is 40.8 Å². The molecule has 1 amide bonds. The Morgan fingerprint density at radius 1 is 1.86 bits per heavy atom. The van der Waals surface area contributed by atoms with Crippen molar-refractivity contribution in [3.63, 3.8) is 0 Å². The van der Waals surface area contributed by atoms with E-state index in [1.165, 1.54) is 6.92 Å². The van der Waals surface area contributed by atoms with E-state index in [2.05, 4.69) is 5.73 Å². The van der Waals surface area contributed by atoms with Gasteiger partial charge in [0.1, 0.15) is 0 Å². The number of rotatable bonds is 1. The van der Waals surface area contributed by atoms with Crippen molar-refractivity contribution in [2.75, 3.05) is 0 Å². The van der Waals surface area contributed by atoms with Crippen molar-refractivity contribution in [3.05, 3.63) is 11.9 Å². The summed E-state index contributed by atoms with van der Waals surface area (Å²) >= 11 is 0. The van der Waals surface area contributed by atoms with Crippen LogP contribution in [-0.2, 0) is 4.79 Å². The molecule has 0 aliphatic heterocycles. The van der Waals surface area contributed by atoms with Gasteiger partial charge in [-0.2, -0.15) is 0 Å². The summed E-state index contributed by atoms with van der Waals surface area (Å²) in [6, 6.07) is 0. The fourth-order valence-electron chi connectivity index (χ4n) is 0.0538. The highest BCUT2D eigenvalue weighted by atomic mass is 19.1. The van der Waals surface area contributed by atoms with Crippen molar-refractivity contribution >= 4 is 5.91 Å². The van der Waals surface area contributed by atoms with Gasteiger partial charge in [-0.1, -0.05) is 0 Å². The van der Waals surface area contributed by atoms with Gasteiger partial charge in [-0.15, -0.1) is 0 Å².